The summed E-state index contributed by atoms with van der Waals surface area (Å²) < 4.78 is 6.31. The minimum Gasteiger partial charge on any atom is -0.464 e. The molecule has 2 aromatic rings. The predicted octanol–water partition coefficient (Wildman–Crippen LogP) is 1.73. The lowest BCUT2D eigenvalue weighted by molar-refractivity contribution is 0.0595. The summed E-state index contributed by atoms with van der Waals surface area (Å²) in [6, 6.07) is 1.96. The van der Waals surface area contributed by atoms with Crippen LogP contribution in [0.5, 0.6) is 0 Å². The monoisotopic (exact) mass is 237 g/mol. The number of nitrogens with zero attached hydrogens (tertiary/aromatic N) is 3. The van der Waals surface area contributed by atoms with E-state index >= 15 is 0 Å². The first-order valence-corrected chi connectivity index (χ1v) is 5.57. The molecule has 5 nitrogen and oxygen atoms in total. The minimum absolute atomic E-state index is 0.315. The maximum absolute atomic E-state index is 11.2. The van der Waals surface area contributed by atoms with Gasteiger partial charge in [0.15, 0.2) is 5.69 Å². The number of hydrogen-bond donors (Lipinski definition) is 0. The molecule has 0 atom stereocenters. The summed E-state index contributed by atoms with van der Waals surface area (Å²) in [6.45, 7) is 3.86. The van der Waals surface area contributed by atoms with Crippen molar-refractivity contribution in [1.29, 1.82) is 0 Å². The lowest BCUT2D eigenvalue weighted by atomic mass is 10.4. The second kappa shape index (κ2) is 4.05. The number of carbonyl (C=O) groups is 1. The van der Waals surface area contributed by atoms with Gasteiger partial charge in [-0.2, -0.15) is 5.10 Å². The third-order valence-corrected chi connectivity index (χ3v) is 2.89. The van der Waals surface area contributed by atoms with E-state index in [2.05, 4.69) is 14.8 Å². The number of rotatable bonds is 2. The SMILES string of the molecule is COC(=O)c1csc(-n2nc(C)cc2C)n1. The van der Waals surface area contributed by atoms with E-state index in [1.54, 1.807) is 10.1 Å². The van der Waals surface area contributed by atoms with Gasteiger partial charge in [-0.1, -0.05) is 0 Å². The molecule has 0 N–H and O–H groups in total. The van der Waals surface area contributed by atoms with Crippen molar-refractivity contribution < 1.29 is 9.53 Å². The molecule has 0 fully saturated rings. The highest BCUT2D eigenvalue weighted by Crippen LogP contribution is 2.17. The Morgan fingerprint density at radius 2 is 2.25 bits per heavy atom. The minimum atomic E-state index is -0.427. The van der Waals surface area contributed by atoms with E-state index in [0.29, 0.717) is 10.8 Å². The summed E-state index contributed by atoms with van der Waals surface area (Å²) in [6.07, 6.45) is 0. The van der Waals surface area contributed by atoms with Crippen molar-refractivity contribution in [2.24, 2.45) is 0 Å². The summed E-state index contributed by atoms with van der Waals surface area (Å²) in [5, 5.41) is 6.63. The van der Waals surface area contributed by atoms with Crippen molar-refractivity contribution in [3.05, 3.63) is 28.5 Å². The van der Waals surface area contributed by atoms with E-state index in [9.17, 15) is 4.79 Å². The van der Waals surface area contributed by atoms with Crippen LogP contribution in [0.2, 0.25) is 0 Å². The number of hydrogen-bond acceptors (Lipinski definition) is 5. The van der Waals surface area contributed by atoms with E-state index < -0.39 is 5.97 Å². The van der Waals surface area contributed by atoms with Crippen LogP contribution in [0.4, 0.5) is 0 Å². The number of esters is 1. The van der Waals surface area contributed by atoms with Crippen LogP contribution in [0.25, 0.3) is 5.13 Å². The van der Waals surface area contributed by atoms with Crippen LogP contribution < -0.4 is 0 Å². The molecule has 0 aromatic carbocycles. The van der Waals surface area contributed by atoms with E-state index in [-0.39, 0.29) is 0 Å². The largest absolute Gasteiger partial charge is 0.464 e. The van der Waals surface area contributed by atoms with Crippen LogP contribution in [0.1, 0.15) is 21.9 Å². The van der Waals surface area contributed by atoms with E-state index in [1.807, 2.05) is 19.9 Å². The number of methoxy groups -OCH3 is 1. The van der Waals surface area contributed by atoms with Crippen LogP contribution in [-0.2, 0) is 4.74 Å². The highest BCUT2D eigenvalue weighted by atomic mass is 32.1. The normalized spacial score (nSPS) is 10.4. The van der Waals surface area contributed by atoms with Crippen LogP contribution in [0.3, 0.4) is 0 Å². The topological polar surface area (TPSA) is 57.0 Å². The van der Waals surface area contributed by atoms with Crippen molar-refractivity contribution in [1.82, 2.24) is 14.8 Å². The predicted molar refractivity (Wildman–Crippen MR) is 60.0 cm³/mol. The zero-order valence-electron chi connectivity index (χ0n) is 9.22. The standard InChI is InChI=1S/C10H11N3O2S/c1-6-4-7(2)13(12-6)10-11-8(5-16-10)9(14)15-3/h4-5H,1-3H3. The zero-order chi connectivity index (χ0) is 11.7. The third-order valence-electron chi connectivity index (χ3n) is 2.08. The molecular formula is C10H11N3O2S. The molecule has 0 aliphatic carbocycles. The van der Waals surface area contributed by atoms with Gasteiger partial charge in [0.2, 0.25) is 5.13 Å². The molecular weight excluding hydrogens is 226 g/mol. The summed E-state index contributed by atoms with van der Waals surface area (Å²) in [5.41, 5.74) is 2.23. The fourth-order valence-corrected chi connectivity index (χ4v) is 2.18. The molecule has 6 heteroatoms. The van der Waals surface area contributed by atoms with Crippen molar-refractivity contribution >= 4 is 17.3 Å². The zero-order valence-corrected chi connectivity index (χ0v) is 10.0. The van der Waals surface area contributed by atoms with Gasteiger partial charge < -0.3 is 4.74 Å². The van der Waals surface area contributed by atoms with Crippen LogP contribution in [-0.4, -0.2) is 27.8 Å². The molecule has 84 valence electrons. The van der Waals surface area contributed by atoms with Gasteiger partial charge in [0, 0.05) is 11.1 Å². The van der Waals surface area contributed by atoms with Gasteiger partial charge in [-0.15, -0.1) is 11.3 Å². The van der Waals surface area contributed by atoms with Crippen LogP contribution in [0, 0.1) is 13.8 Å². The third kappa shape index (κ3) is 1.83. The average molecular weight is 237 g/mol. The highest BCUT2D eigenvalue weighted by molar-refractivity contribution is 7.12. The molecule has 0 aliphatic heterocycles. The summed E-state index contributed by atoms with van der Waals surface area (Å²) >= 11 is 1.36. The van der Waals surface area contributed by atoms with Gasteiger partial charge >= 0.3 is 5.97 Å². The highest BCUT2D eigenvalue weighted by Gasteiger charge is 2.13. The van der Waals surface area contributed by atoms with Crippen LogP contribution in [0.15, 0.2) is 11.4 Å². The molecule has 0 spiro atoms. The Bertz CT molecular complexity index is 530. The molecule has 16 heavy (non-hydrogen) atoms. The summed E-state index contributed by atoms with van der Waals surface area (Å²) in [4.78, 5) is 15.4. The first-order chi connectivity index (χ1) is 7.61. The Labute approximate surface area is 96.7 Å². The van der Waals surface area contributed by atoms with Crippen molar-refractivity contribution in [2.45, 2.75) is 13.8 Å². The van der Waals surface area contributed by atoms with Gasteiger partial charge in [-0.05, 0) is 19.9 Å². The maximum atomic E-state index is 11.2. The quantitative estimate of drug-likeness (QED) is 0.746. The lowest BCUT2D eigenvalue weighted by Gasteiger charge is -1.97. The Kier molecular flexibility index (Phi) is 2.74. The Morgan fingerprint density at radius 1 is 1.50 bits per heavy atom. The van der Waals surface area contributed by atoms with Gasteiger partial charge in [0.1, 0.15) is 0 Å². The first-order valence-electron chi connectivity index (χ1n) is 4.69. The van der Waals surface area contributed by atoms with Crippen molar-refractivity contribution in [2.75, 3.05) is 7.11 Å². The van der Waals surface area contributed by atoms with Crippen molar-refractivity contribution in [3.63, 3.8) is 0 Å². The molecule has 2 heterocycles. The summed E-state index contributed by atoms with van der Waals surface area (Å²) in [5.74, 6) is -0.427. The number of thiazole rings is 1. The number of carbonyl (C=O) groups excluding carboxylic acids is 1. The van der Waals surface area contributed by atoms with Crippen LogP contribution >= 0.6 is 11.3 Å². The fourth-order valence-electron chi connectivity index (χ4n) is 1.38. The average Bonchev–Trinajstić information content (AvgIpc) is 2.83. The molecule has 0 bridgehead atoms. The molecule has 0 unspecified atom stereocenters. The van der Waals surface area contributed by atoms with Gasteiger partial charge in [0.25, 0.3) is 0 Å². The fraction of sp³-hybridized carbons (Fsp3) is 0.300. The second-order valence-electron chi connectivity index (χ2n) is 3.35. The number of aryl methyl sites for hydroxylation is 2. The number of ether oxygens (including phenoxy) is 1. The maximum Gasteiger partial charge on any atom is 0.357 e. The molecule has 2 aromatic heterocycles. The van der Waals surface area contributed by atoms with E-state index in [0.717, 1.165) is 11.4 Å². The van der Waals surface area contributed by atoms with E-state index in [1.165, 1.54) is 18.4 Å². The number of aromatic nitrogens is 3. The van der Waals surface area contributed by atoms with Gasteiger partial charge in [-0.25, -0.2) is 14.5 Å². The molecule has 0 saturated heterocycles. The smallest absolute Gasteiger partial charge is 0.357 e. The van der Waals surface area contributed by atoms with E-state index in [4.69, 9.17) is 0 Å². The van der Waals surface area contributed by atoms with Gasteiger partial charge in [0.05, 0.1) is 12.8 Å². The Balaban J connectivity index is 2.38. The molecule has 2 rings (SSSR count). The Morgan fingerprint density at radius 3 is 2.81 bits per heavy atom. The summed E-state index contributed by atoms with van der Waals surface area (Å²) in [7, 11) is 1.34. The molecule has 0 amide bonds. The molecule has 0 saturated carbocycles. The Hall–Kier alpha value is -1.69. The molecule has 0 aliphatic rings. The first kappa shape index (κ1) is 10.8. The molecule has 0 radical (unpaired) electrons. The van der Waals surface area contributed by atoms with Gasteiger partial charge in [-0.3, -0.25) is 0 Å². The van der Waals surface area contributed by atoms with Crippen molar-refractivity contribution in [3.8, 4) is 5.13 Å². The second-order valence-corrected chi connectivity index (χ2v) is 4.18. The lowest BCUT2D eigenvalue weighted by Crippen LogP contribution is -2.03.